The Bertz CT molecular complexity index is 830. The zero-order valence-corrected chi connectivity index (χ0v) is 17.1. The van der Waals surface area contributed by atoms with Crippen LogP contribution in [0.5, 0.6) is 5.75 Å². The van der Waals surface area contributed by atoms with Gasteiger partial charge in [-0.25, -0.2) is 4.39 Å². The topological polar surface area (TPSA) is 53.0 Å². The fourth-order valence-electron chi connectivity index (χ4n) is 3.86. The minimum Gasteiger partial charge on any atom is -0.497 e. The second-order valence-corrected chi connectivity index (χ2v) is 7.79. The van der Waals surface area contributed by atoms with Crippen LogP contribution >= 0.6 is 0 Å². The van der Waals surface area contributed by atoms with E-state index in [2.05, 4.69) is 12.1 Å². The lowest BCUT2D eigenvalue weighted by atomic mass is 9.90. The van der Waals surface area contributed by atoms with Crippen LogP contribution in [0.25, 0.3) is 0 Å². The summed E-state index contributed by atoms with van der Waals surface area (Å²) in [5.74, 6) is -0.174. The number of rotatable bonds is 8. The zero-order chi connectivity index (χ0) is 20.9. The highest BCUT2D eigenvalue weighted by molar-refractivity contribution is 5.86. The predicted octanol–water partition coefficient (Wildman–Crippen LogP) is 2.86. The fourth-order valence-corrected chi connectivity index (χ4v) is 3.86. The van der Waals surface area contributed by atoms with Crippen molar-refractivity contribution in [2.75, 3.05) is 33.8 Å². The van der Waals surface area contributed by atoms with Gasteiger partial charge in [0.25, 0.3) is 5.91 Å². The third-order valence-electron chi connectivity index (χ3n) is 5.47. The molecule has 1 heterocycles. The van der Waals surface area contributed by atoms with Crippen LogP contribution in [-0.4, -0.2) is 60.2 Å². The molecule has 1 amide bonds. The van der Waals surface area contributed by atoms with Gasteiger partial charge in [-0.1, -0.05) is 30.3 Å². The number of nitrogens with zero attached hydrogens (tertiary/aromatic N) is 2. The molecule has 1 aliphatic heterocycles. The van der Waals surface area contributed by atoms with Crippen LogP contribution in [0, 0.1) is 5.82 Å². The first kappa shape index (κ1) is 21.3. The lowest BCUT2D eigenvalue weighted by Gasteiger charge is -2.40. The van der Waals surface area contributed by atoms with E-state index < -0.39 is 5.60 Å². The van der Waals surface area contributed by atoms with Crippen molar-refractivity contribution in [1.82, 2.24) is 9.80 Å². The van der Waals surface area contributed by atoms with Crippen LogP contribution in [0.2, 0.25) is 0 Å². The lowest BCUT2D eigenvalue weighted by Crippen LogP contribution is -2.58. The lowest BCUT2D eigenvalue weighted by molar-refractivity contribution is -0.159. The third kappa shape index (κ3) is 5.34. The number of aliphatic hydroxyl groups is 1. The van der Waals surface area contributed by atoms with E-state index in [0.29, 0.717) is 30.7 Å². The molecule has 1 aliphatic rings. The summed E-state index contributed by atoms with van der Waals surface area (Å²) in [5.41, 5.74) is 0.162. The Labute approximate surface area is 171 Å². The first-order valence-corrected chi connectivity index (χ1v) is 9.98. The molecule has 1 saturated heterocycles. The van der Waals surface area contributed by atoms with E-state index in [4.69, 9.17) is 4.74 Å². The molecule has 6 heteroatoms. The maximum atomic E-state index is 14.2. The number of halogens is 1. The highest BCUT2D eigenvalue weighted by Gasteiger charge is 2.42. The van der Waals surface area contributed by atoms with E-state index in [9.17, 15) is 14.3 Å². The number of likely N-dealkylation sites (N-methyl/N-ethyl adjacent to an activating group) is 1. The normalized spacial score (nSPS) is 19.6. The molecule has 1 atom stereocenters. The van der Waals surface area contributed by atoms with Gasteiger partial charge in [-0.3, -0.25) is 4.79 Å². The second kappa shape index (κ2) is 9.37. The SMILES string of the molecule is COc1ccc(F)c(CN2CCC[C@](O)(CN(C)CCc3ccccc3)C2=O)c1. The third-order valence-corrected chi connectivity index (χ3v) is 5.47. The van der Waals surface area contributed by atoms with Gasteiger partial charge in [0.1, 0.15) is 11.6 Å². The Balaban J connectivity index is 1.63. The molecule has 0 unspecified atom stereocenters. The van der Waals surface area contributed by atoms with Gasteiger partial charge >= 0.3 is 0 Å². The number of hydrogen-bond acceptors (Lipinski definition) is 4. The highest BCUT2D eigenvalue weighted by Crippen LogP contribution is 2.27. The summed E-state index contributed by atoms with van der Waals surface area (Å²) in [6.07, 6.45) is 1.94. The summed E-state index contributed by atoms with van der Waals surface area (Å²) in [6, 6.07) is 14.6. The maximum Gasteiger partial charge on any atom is 0.256 e. The van der Waals surface area contributed by atoms with Gasteiger partial charge in [-0.05, 0) is 50.1 Å². The van der Waals surface area contributed by atoms with Crippen LogP contribution in [-0.2, 0) is 17.8 Å². The van der Waals surface area contributed by atoms with Gasteiger partial charge in [-0.2, -0.15) is 0 Å². The van der Waals surface area contributed by atoms with Crippen LogP contribution in [0.3, 0.4) is 0 Å². The number of benzene rings is 2. The number of carbonyl (C=O) groups excluding carboxylic acids is 1. The number of likely N-dealkylation sites (tertiary alicyclic amines) is 1. The minimum atomic E-state index is -1.45. The van der Waals surface area contributed by atoms with Gasteiger partial charge in [0, 0.05) is 31.7 Å². The quantitative estimate of drug-likeness (QED) is 0.740. The number of piperidine rings is 1. The van der Waals surface area contributed by atoms with Crippen LogP contribution in [0.4, 0.5) is 4.39 Å². The number of carbonyl (C=O) groups is 1. The van der Waals surface area contributed by atoms with Crippen LogP contribution in [0.15, 0.2) is 48.5 Å². The van der Waals surface area contributed by atoms with Crippen molar-refractivity contribution in [3.8, 4) is 5.75 Å². The van der Waals surface area contributed by atoms with E-state index in [1.54, 1.807) is 17.0 Å². The molecule has 3 rings (SSSR count). The Morgan fingerprint density at radius 3 is 2.72 bits per heavy atom. The van der Waals surface area contributed by atoms with Gasteiger partial charge in [-0.15, -0.1) is 0 Å². The molecule has 5 nitrogen and oxygen atoms in total. The molecule has 0 saturated carbocycles. The first-order chi connectivity index (χ1) is 13.9. The average molecular weight is 400 g/mol. The molecule has 0 bridgehead atoms. The van der Waals surface area contributed by atoms with E-state index >= 15 is 0 Å². The van der Waals surface area contributed by atoms with E-state index in [1.807, 2.05) is 30.1 Å². The Morgan fingerprint density at radius 2 is 2.00 bits per heavy atom. The molecule has 29 heavy (non-hydrogen) atoms. The van der Waals surface area contributed by atoms with Crippen molar-refractivity contribution in [3.05, 3.63) is 65.5 Å². The second-order valence-electron chi connectivity index (χ2n) is 7.79. The Kier molecular flexibility index (Phi) is 6.87. The monoisotopic (exact) mass is 400 g/mol. The molecule has 2 aromatic carbocycles. The van der Waals surface area contributed by atoms with Crippen LogP contribution in [0.1, 0.15) is 24.0 Å². The summed E-state index contributed by atoms with van der Waals surface area (Å²) in [7, 11) is 3.43. The van der Waals surface area contributed by atoms with Gasteiger partial charge in [0.15, 0.2) is 5.60 Å². The molecule has 0 aromatic heterocycles. The summed E-state index contributed by atoms with van der Waals surface area (Å²) in [4.78, 5) is 16.6. The molecular formula is C23H29FN2O3. The largest absolute Gasteiger partial charge is 0.497 e. The first-order valence-electron chi connectivity index (χ1n) is 9.98. The molecule has 1 N–H and O–H groups in total. The molecule has 0 spiro atoms. The molecule has 1 fully saturated rings. The van der Waals surface area contributed by atoms with Crippen molar-refractivity contribution in [2.45, 2.75) is 31.4 Å². The minimum absolute atomic E-state index is 0.123. The van der Waals surface area contributed by atoms with Crippen molar-refractivity contribution in [2.24, 2.45) is 0 Å². The average Bonchev–Trinajstić information content (AvgIpc) is 2.72. The number of methoxy groups -OCH3 is 1. The molecule has 0 radical (unpaired) electrons. The van der Waals surface area contributed by atoms with Gasteiger partial charge < -0.3 is 19.6 Å². The van der Waals surface area contributed by atoms with E-state index in [-0.39, 0.29) is 24.8 Å². The van der Waals surface area contributed by atoms with Crippen molar-refractivity contribution >= 4 is 5.91 Å². The summed E-state index contributed by atoms with van der Waals surface area (Å²) < 4.78 is 19.3. The summed E-state index contributed by atoms with van der Waals surface area (Å²) >= 11 is 0. The molecule has 2 aromatic rings. The van der Waals surface area contributed by atoms with Crippen molar-refractivity contribution in [3.63, 3.8) is 0 Å². The zero-order valence-electron chi connectivity index (χ0n) is 17.1. The summed E-state index contributed by atoms with van der Waals surface area (Å²) in [5, 5.41) is 11.1. The standard InChI is InChI=1S/C23H29FN2O3/c1-25(14-11-18-7-4-3-5-8-18)17-23(28)12-6-13-26(22(23)27)16-19-15-20(29-2)9-10-21(19)24/h3-5,7-10,15,28H,6,11-14,16-17H2,1-2H3/t23-/m0/s1. The molecule has 156 valence electrons. The van der Waals surface area contributed by atoms with Crippen molar-refractivity contribution in [1.29, 1.82) is 0 Å². The van der Waals surface area contributed by atoms with Gasteiger partial charge in [0.2, 0.25) is 0 Å². The molecular weight excluding hydrogens is 371 g/mol. The number of ether oxygens (including phenoxy) is 1. The number of hydrogen-bond donors (Lipinski definition) is 1. The maximum absolute atomic E-state index is 14.2. The fraction of sp³-hybridized carbons (Fsp3) is 0.435. The predicted molar refractivity (Wildman–Crippen MR) is 110 cm³/mol. The van der Waals surface area contributed by atoms with E-state index in [1.165, 1.54) is 18.7 Å². The van der Waals surface area contributed by atoms with Crippen LogP contribution < -0.4 is 4.74 Å². The Morgan fingerprint density at radius 1 is 1.24 bits per heavy atom. The highest BCUT2D eigenvalue weighted by atomic mass is 19.1. The summed E-state index contributed by atoms with van der Waals surface area (Å²) in [6.45, 7) is 1.63. The van der Waals surface area contributed by atoms with E-state index in [0.717, 1.165) is 13.0 Å². The smallest absolute Gasteiger partial charge is 0.256 e. The Hall–Kier alpha value is -2.44. The van der Waals surface area contributed by atoms with Gasteiger partial charge in [0.05, 0.1) is 7.11 Å². The molecule has 0 aliphatic carbocycles. The van der Waals surface area contributed by atoms with Crippen molar-refractivity contribution < 1.29 is 19.0 Å². The number of amides is 1.